The van der Waals surface area contributed by atoms with Gasteiger partial charge in [-0.2, -0.15) is 4.98 Å². The van der Waals surface area contributed by atoms with Crippen LogP contribution in [0.3, 0.4) is 0 Å². The molecule has 28 heavy (non-hydrogen) atoms. The van der Waals surface area contributed by atoms with Gasteiger partial charge in [0.25, 0.3) is 0 Å². The van der Waals surface area contributed by atoms with Gasteiger partial charge >= 0.3 is 0 Å². The van der Waals surface area contributed by atoms with E-state index in [-0.39, 0.29) is 17.7 Å². The van der Waals surface area contributed by atoms with Crippen molar-refractivity contribution in [3.8, 4) is 5.88 Å². The van der Waals surface area contributed by atoms with Crippen molar-refractivity contribution < 1.29 is 14.3 Å². The van der Waals surface area contributed by atoms with E-state index in [1.165, 1.54) is 19.3 Å². The molecule has 3 heterocycles. The number of nitrogens with zero attached hydrogens (tertiary/aromatic N) is 4. The SMILES string of the molecule is CC(=O)N1CCC(C(=O)NCCOc2cc(N3CCCCC3)nc(C)n2)CC1. The number of carbonyl (C=O) groups excluding carboxylic acids is 2. The van der Waals surface area contributed by atoms with Crippen LogP contribution in [0.2, 0.25) is 0 Å². The third-order valence-electron chi connectivity index (χ3n) is 5.44. The third-order valence-corrected chi connectivity index (χ3v) is 5.44. The molecule has 1 aromatic rings. The fourth-order valence-corrected chi connectivity index (χ4v) is 3.81. The Morgan fingerprint density at radius 2 is 1.86 bits per heavy atom. The molecule has 0 spiro atoms. The highest BCUT2D eigenvalue weighted by Crippen LogP contribution is 2.21. The van der Waals surface area contributed by atoms with Crippen molar-refractivity contribution in [3.05, 3.63) is 11.9 Å². The van der Waals surface area contributed by atoms with Gasteiger partial charge < -0.3 is 19.9 Å². The third kappa shape index (κ3) is 5.56. The predicted octanol–water partition coefficient (Wildman–Crippen LogP) is 1.53. The van der Waals surface area contributed by atoms with E-state index in [0.29, 0.717) is 37.9 Å². The molecule has 2 fully saturated rings. The van der Waals surface area contributed by atoms with Crippen LogP contribution in [0.5, 0.6) is 5.88 Å². The number of anilines is 1. The molecule has 0 aliphatic carbocycles. The number of nitrogens with one attached hydrogen (secondary N) is 1. The fraction of sp³-hybridized carbons (Fsp3) is 0.700. The number of likely N-dealkylation sites (tertiary alicyclic amines) is 1. The molecule has 154 valence electrons. The zero-order valence-electron chi connectivity index (χ0n) is 16.9. The Kier molecular flexibility index (Phi) is 7.06. The molecular formula is C20H31N5O3. The molecule has 1 N–H and O–H groups in total. The maximum absolute atomic E-state index is 12.3. The first-order valence-corrected chi connectivity index (χ1v) is 10.3. The second kappa shape index (κ2) is 9.71. The molecule has 8 heteroatoms. The van der Waals surface area contributed by atoms with Crippen LogP contribution in [0.1, 0.15) is 44.9 Å². The van der Waals surface area contributed by atoms with E-state index >= 15 is 0 Å². The minimum Gasteiger partial charge on any atom is -0.476 e. The Morgan fingerprint density at radius 1 is 1.14 bits per heavy atom. The summed E-state index contributed by atoms with van der Waals surface area (Å²) in [7, 11) is 0. The van der Waals surface area contributed by atoms with Crippen molar-refractivity contribution in [3.63, 3.8) is 0 Å². The van der Waals surface area contributed by atoms with Crippen LogP contribution in [0.25, 0.3) is 0 Å². The summed E-state index contributed by atoms with van der Waals surface area (Å²) in [6.45, 7) is 7.61. The number of carbonyl (C=O) groups is 2. The van der Waals surface area contributed by atoms with E-state index in [2.05, 4.69) is 20.2 Å². The molecule has 2 amide bonds. The smallest absolute Gasteiger partial charge is 0.223 e. The summed E-state index contributed by atoms with van der Waals surface area (Å²) in [5, 5.41) is 2.94. The number of amides is 2. The number of aromatic nitrogens is 2. The molecule has 0 radical (unpaired) electrons. The van der Waals surface area contributed by atoms with Gasteiger partial charge in [-0.15, -0.1) is 0 Å². The number of hydrogen-bond donors (Lipinski definition) is 1. The van der Waals surface area contributed by atoms with Gasteiger partial charge in [-0.25, -0.2) is 4.98 Å². The topological polar surface area (TPSA) is 87.7 Å². The van der Waals surface area contributed by atoms with E-state index in [0.717, 1.165) is 31.7 Å². The summed E-state index contributed by atoms with van der Waals surface area (Å²) < 4.78 is 5.76. The fourth-order valence-electron chi connectivity index (χ4n) is 3.81. The van der Waals surface area contributed by atoms with E-state index < -0.39 is 0 Å². The lowest BCUT2D eigenvalue weighted by Crippen LogP contribution is -2.42. The van der Waals surface area contributed by atoms with Crippen LogP contribution >= 0.6 is 0 Å². The summed E-state index contributed by atoms with van der Waals surface area (Å²) in [5.74, 6) is 2.26. The first-order valence-electron chi connectivity index (χ1n) is 10.3. The van der Waals surface area contributed by atoms with Crippen molar-refractivity contribution in [2.75, 3.05) is 44.2 Å². The van der Waals surface area contributed by atoms with E-state index in [1.54, 1.807) is 11.8 Å². The Balaban J connectivity index is 1.42. The van der Waals surface area contributed by atoms with E-state index in [4.69, 9.17) is 4.74 Å². The van der Waals surface area contributed by atoms with Crippen LogP contribution in [0, 0.1) is 12.8 Å². The maximum Gasteiger partial charge on any atom is 0.223 e. The summed E-state index contributed by atoms with van der Waals surface area (Å²) in [4.78, 5) is 36.6. The lowest BCUT2D eigenvalue weighted by Gasteiger charge is -2.30. The van der Waals surface area contributed by atoms with Crippen LogP contribution < -0.4 is 15.0 Å². The lowest BCUT2D eigenvalue weighted by molar-refractivity contribution is -0.133. The zero-order valence-corrected chi connectivity index (χ0v) is 16.9. The molecule has 2 aliphatic rings. The first kappa shape index (κ1) is 20.4. The largest absolute Gasteiger partial charge is 0.476 e. The Morgan fingerprint density at radius 3 is 2.54 bits per heavy atom. The van der Waals surface area contributed by atoms with Gasteiger partial charge in [-0.3, -0.25) is 9.59 Å². The molecule has 0 saturated carbocycles. The Labute approximate surface area is 166 Å². The monoisotopic (exact) mass is 389 g/mol. The number of ether oxygens (including phenoxy) is 1. The van der Waals surface area contributed by atoms with Crippen LogP contribution in [-0.2, 0) is 9.59 Å². The molecule has 2 aliphatic heterocycles. The highest BCUT2D eigenvalue weighted by atomic mass is 16.5. The molecule has 2 saturated heterocycles. The minimum atomic E-state index is -0.0254. The predicted molar refractivity (Wildman–Crippen MR) is 106 cm³/mol. The summed E-state index contributed by atoms with van der Waals surface area (Å²) in [6, 6.07) is 1.89. The summed E-state index contributed by atoms with van der Waals surface area (Å²) in [5.41, 5.74) is 0. The van der Waals surface area contributed by atoms with Crippen molar-refractivity contribution in [1.29, 1.82) is 0 Å². The van der Waals surface area contributed by atoms with Crippen molar-refractivity contribution in [1.82, 2.24) is 20.2 Å². The quantitative estimate of drug-likeness (QED) is 0.743. The first-order chi connectivity index (χ1) is 13.5. The molecule has 0 bridgehead atoms. The van der Waals surface area contributed by atoms with Gasteiger partial charge in [0.2, 0.25) is 17.7 Å². The standard InChI is InChI=1S/C20H31N5O3/c1-15-22-18(25-9-4-3-5-10-25)14-19(23-15)28-13-8-21-20(27)17-6-11-24(12-7-17)16(2)26/h14,17H,3-13H2,1-2H3,(H,21,27). The summed E-state index contributed by atoms with van der Waals surface area (Å²) in [6.07, 6.45) is 5.10. The second-order valence-corrected chi connectivity index (χ2v) is 7.58. The van der Waals surface area contributed by atoms with Gasteiger partial charge in [-0.05, 0) is 39.0 Å². The van der Waals surface area contributed by atoms with Crippen molar-refractivity contribution >= 4 is 17.6 Å². The second-order valence-electron chi connectivity index (χ2n) is 7.58. The zero-order chi connectivity index (χ0) is 19.9. The molecule has 0 atom stereocenters. The van der Waals surface area contributed by atoms with Gasteiger partial charge in [0.05, 0.1) is 6.54 Å². The average Bonchev–Trinajstić information content (AvgIpc) is 2.71. The number of hydrogen-bond acceptors (Lipinski definition) is 6. The number of piperidine rings is 2. The van der Waals surface area contributed by atoms with Gasteiger partial charge in [0, 0.05) is 45.1 Å². The Bertz CT molecular complexity index is 682. The van der Waals surface area contributed by atoms with Crippen molar-refractivity contribution in [2.24, 2.45) is 5.92 Å². The molecule has 0 aromatic carbocycles. The molecule has 0 unspecified atom stereocenters. The van der Waals surface area contributed by atoms with Gasteiger partial charge in [-0.1, -0.05) is 0 Å². The van der Waals surface area contributed by atoms with Crippen LogP contribution in [0.4, 0.5) is 5.82 Å². The highest BCUT2D eigenvalue weighted by molar-refractivity contribution is 5.79. The van der Waals surface area contributed by atoms with Gasteiger partial charge in [0.1, 0.15) is 18.2 Å². The molecule has 1 aromatic heterocycles. The minimum absolute atomic E-state index is 0.0254. The van der Waals surface area contributed by atoms with Crippen LogP contribution in [-0.4, -0.2) is 66.0 Å². The molecular weight excluding hydrogens is 358 g/mol. The van der Waals surface area contributed by atoms with Crippen molar-refractivity contribution in [2.45, 2.75) is 46.0 Å². The normalized spacial score (nSPS) is 18.1. The highest BCUT2D eigenvalue weighted by Gasteiger charge is 2.25. The maximum atomic E-state index is 12.3. The number of aryl methyl sites for hydroxylation is 1. The van der Waals surface area contributed by atoms with Gasteiger partial charge in [0.15, 0.2) is 0 Å². The van der Waals surface area contributed by atoms with Crippen LogP contribution in [0.15, 0.2) is 6.07 Å². The average molecular weight is 390 g/mol. The van der Waals surface area contributed by atoms with E-state index in [1.807, 2.05) is 13.0 Å². The number of rotatable bonds is 6. The lowest BCUT2D eigenvalue weighted by atomic mass is 9.96. The van der Waals surface area contributed by atoms with E-state index in [9.17, 15) is 9.59 Å². The Hall–Kier alpha value is -2.38. The molecule has 3 rings (SSSR count). The molecule has 8 nitrogen and oxygen atoms in total. The summed E-state index contributed by atoms with van der Waals surface area (Å²) >= 11 is 0.